The van der Waals surface area contributed by atoms with Gasteiger partial charge in [-0.3, -0.25) is 5.32 Å². The highest BCUT2D eigenvalue weighted by molar-refractivity contribution is 7.99. The third-order valence-electron chi connectivity index (χ3n) is 3.74. The molecule has 0 aromatic carbocycles. The number of amides is 2. The normalized spacial score (nSPS) is 16.0. The Morgan fingerprint density at radius 2 is 2.19 bits per heavy atom. The number of aryl methyl sites for hydroxylation is 1. The Balaban J connectivity index is 1.86. The molecule has 5 nitrogen and oxygen atoms in total. The molecule has 21 heavy (non-hydrogen) atoms. The molecule has 0 saturated heterocycles. The van der Waals surface area contributed by atoms with Gasteiger partial charge in [-0.15, -0.1) is 0 Å². The maximum Gasteiger partial charge on any atom is 0.320 e. The van der Waals surface area contributed by atoms with Gasteiger partial charge in [-0.1, -0.05) is 13.8 Å². The standard InChI is InChI=1S/C15H26N4OS/c1-10(2)21-8-7-16-15(20)18-14-11(3)9-17-19(14)12(4)13-5-6-13/h9-10,12-13H,5-8H2,1-4H3,(H2,16,18,20)/t12-/m0/s1. The van der Waals surface area contributed by atoms with Gasteiger partial charge in [0.15, 0.2) is 0 Å². The molecule has 1 heterocycles. The first-order chi connectivity index (χ1) is 9.99. The molecule has 2 rings (SSSR count). The van der Waals surface area contributed by atoms with E-state index >= 15 is 0 Å². The molecule has 0 spiro atoms. The van der Waals surface area contributed by atoms with E-state index in [4.69, 9.17) is 0 Å². The third-order valence-corrected chi connectivity index (χ3v) is 4.85. The summed E-state index contributed by atoms with van der Waals surface area (Å²) in [5.41, 5.74) is 1.01. The first-order valence-electron chi connectivity index (χ1n) is 7.69. The predicted molar refractivity (Wildman–Crippen MR) is 89.0 cm³/mol. The van der Waals surface area contributed by atoms with Crippen molar-refractivity contribution in [1.29, 1.82) is 0 Å². The van der Waals surface area contributed by atoms with E-state index in [1.165, 1.54) is 12.8 Å². The van der Waals surface area contributed by atoms with Crippen molar-refractivity contribution in [3.8, 4) is 0 Å². The molecule has 6 heteroatoms. The first-order valence-corrected chi connectivity index (χ1v) is 8.74. The Kier molecular flexibility index (Phi) is 5.56. The Bertz CT molecular complexity index is 482. The third kappa shape index (κ3) is 4.66. The second-order valence-corrected chi connectivity index (χ2v) is 7.68. The number of anilines is 1. The minimum Gasteiger partial charge on any atom is -0.337 e. The van der Waals surface area contributed by atoms with Crippen LogP contribution in [0.1, 0.15) is 45.2 Å². The van der Waals surface area contributed by atoms with Crippen LogP contribution in [-0.2, 0) is 0 Å². The van der Waals surface area contributed by atoms with Crippen molar-refractivity contribution in [3.05, 3.63) is 11.8 Å². The molecule has 1 fully saturated rings. The number of carbonyl (C=O) groups is 1. The molecule has 1 aromatic heterocycles. The van der Waals surface area contributed by atoms with Crippen LogP contribution in [0.15, 0.2) is 6.20 Å². The molecule has 1 saturated carbocycles. The molecule has 0 bridgehead atoms. The number of hydrogen-bond donors (Lipinski definition) is 2. The van der Waals surface area contributed by atoms with Crippen LogP contribution in [0, 0.1) is 12.8 Å². The van der Waals surface area contributed by atoms with Crippen molar-refractivity contribution in [1.82, 2.24) is 15.1 Å². The van der Waals surface area contributed by atoms with Crippen molar-refractivity contribution >= 4 is 23.6 Å². The molecular weight excluding hydrogens is 284 g/mol. The minimum absolute atomic E-state index is 0.146. The van der Waals surface area contributed by atoms with Crippen molar-refractivity contribution in [2.45, 2.75) is 51.8 Å². The van der Waals surface area contributed by atoms with Gasteiger partial charge in [0.25, 0.3) is 0 Å². The van der Waals surface area contributed by atoms with E-state index in [9.17, 15) is 4.79 Å². The molecule has 1 aliphatic rings. The lowest BCUT2D eigenvalue weighted by Crippen LogP contribution is -2.32. The summed E-state index contributed by atoms with van der Waals surface area (Å²) in [7, 11) is 0. The average molecular weight is 310 g/mol. The lowest BCUT2D eigenvalue weighted by molar-refractivity contribution is 0.252. The van der Waals surface area contributed by atoms with Gasteiger partial charge < -0.3 is 5.32 Å². The second kappa shape index (κ2) is 7.20. The number of aromatic nitrogens is 2. The van der Waals surface area contributed by atoms with Gasteiger partial charge in [-0.05, 0) is 37.9 Å². The number of hydrogen-bond acceptors (Lipinski definition) is 3. The fourth-order valence-electron chi connectivity index (χ4n) is 2.30. The fraction of sp³-hybridized carbons (Fsp3) is 0.733. The van der Waals surface area contributed by atoms with E-state index in [1.807, 2.05) is 29.6 Å². The highest BCUT2D eigenvalue weighted by Crippen LogP contribution is 2.40. The molecule has 118 valence electrons. The summed E-state index contributed by atoms with van der Waals surface area (Å²) in [6.07, 6.45) is 4.35. The summed E-state index contributed by atoms with van der Waals surface area (Å²) < 4.78 is 1.95. The molecule has 2 amide bonds. The molecule has 0 unspecified atom stereocenters. The molecule has 1 aromatic rings. The molecule has 2 N–H and O–H groups in total. The number of nitrogens with zero attached hydrogens (tertiary/aromatic N) is 2. The Morgan fingerprint density at radius 1 is 1.48 bits per heavy atom. The van der Waals surface area contributed by atoms with E-state index < -0.39 is 0 Å². The zero-order chi connectivity index (χ0) is 15.4. The van der Waals surface area contributed by atoms with Gasteiger partial charge in [0.1, 0.15) is 5.82 Å². The zero-order valence-corrected chi connectivity index (χ0v) is 14.2. The van der Waals surface area contributed by atoms with Crippen LogP contribution < -0.4 is 10.6 Å². The topological polar surface area (TPSA) is 59.0 Å². The molecule has 1 aliphatic carbocycles. The van der Waals surface area contributed by atoms with Crippen LogP contribution in [0.3, 0.4) is 0 Å². The lowest BCUT2D eigenvalue weighted by Gasteiger charge is -2.16. The van der Waals surface area contributed by atoms with Crippen LogP contribution in [0.25, 0.3) is 0 Å². The summed E-state index contributed by atoms with van der Waals surface area (Å²) in [4.78, 5) is 12.0. The van der Waals surface area contributed by atoms with Crippen LogP contribution in [-0.4, -0.2) is 33.4 Å². The second-order valence-electron chi connectivity index (χ2n) is 6.00. The van der Waals surface area contributed by atoms with Crippen LogP contribution in [0.4, 0.5) is 10.6 Å². The number of nitrogens with one attached hydrogen (secondary N) is 2. The molecular formula is C15H26N4OS. The molecule has 1 atom stereocenters. The Labute approximate surface area is 131 Å². The van der Waals surface area contributed by atoms with Gasteiger partial charge in [0.2, 0.25) is 0 Å². The van der Waals surface area contributed by atoms with E-state index in [0.717, 1.165) is 17.1 Å². The van der Waals surface area contributed by atoms with Gasteiger partial charge in [-0.25, -0.2) is 9.48 Å². The van der Waals surface area contributed by atoms with Crippen molar-refractivity contribution in [2.24, 2.45) is 5.92 Å². The smallest absolute Gasteiger partial charge is 0.320 e. The minimum atomic E-state index is -0.146. The van der Waals surface area contributed by atoms with Crippen LogP contribution in [0.5, 0.6) is 0 Å². The molecule has 0 aliphatic heterocycles. The summed E-state index contributed by atoms with van der Waals surface area (Å²) >= 11 is 1.84. The van der Waals surface area contributed by atoms with E-state index in [-0.39, 0.29) is 6.03 Å². The Hall–Kier alpha value is -1.17. The summed E-state index contributed by atoms with van der Waals surface area (Å²) in [6.45, 7) is 9.15. The number of urea groups is 1. The van der Waals surface area contributed by atoms with Gasteiger partial charge in [-0.2, -0.15) is 16.9 Å². The van der Waals surface area contributed by atoms with Crippen molar-refractivity contribution < 1.29 is 4.79 Å². The largest absolute Gasteiger partial charge is 0.337 e. The first kappa shape index (κ1) is 16.2. The molecule has 0 radical (unpaired) electrons. The maximum absolute atomic E-state index is 12.0. The van der Waals surface area contributed by atoms with Gasteiger partial charge >= 0.3 is 6.03 Å². The summed E-state index contributed by atoms with van der Waals surface area (Å²) in [6, 6.07) is 0.206. The van der Waals surface area contributed by atoms with Crippen molar-refractivity contribution in [2.75, 3.05) is 17.6 Å². The van der Waals surface area contributed by atoms with Crippen LogP contribution in [0.2, 0.25) is 0 Å². The van der Waals surface area contributed by atoms with E-state index in [0.29, 0.717) is 23.8 Å². The fourth-order valence-corrected chi connectivity index (χ4v) is 2.99. The van der Waals surface area contributed by atoms with Crippen LogP contribution >= 0.6 is 11.8 Å². The average Bonchev–Trinajstić information content (AvgIpc) is 3.21. The lowest BCUT2D eigenvalue weighted by atomic mass is 10.2. The van der Waals surface area contributed by atoms with Crippen molar-refractivity contribution in [3.63, 3.8) is 0 Å². The number of rotatable bonds is 7. The van der Waals surface area contributed by atoms with E-state index in [1.54, 1.807) is 0 Å². The zero-order valence-electron chi connectivity index (χ0n) is 13.3. The summed E-state index contributed by atoms with van der Waals surface area (Å²) in [5, 5.41) is 10.9. The number of thioether (sulfide) groups is 1. The SMILES string of the molecule is Cc1cnn([C@@H](C)C2CC2)c1NC(=O)NCCSC(C)C. The Morgan fingerprint density at radius 3 is 2.81 bits per heavy atom. The van der Waals surface area contributed by atoms with Gasteiger partial charge in [0.05, 0.1) is 12.2 Å². The maximum atomic E-state index is 12.0. The quantitative estimate of drug-likeness (QED) is 0.759. The highest BCUT2D eigenvalue weighted by atomic mass is 32.2. The highest BCUT2D eigenvalue weighted by Gasteiger charge is 2.31. The summed E-state index contributed by atoms with van der Waals surface area (Å²) in [5.74, 6) is 2.46. The predicted octanol–water partition coefficient (Wildman–Crippen LogP) is 3.43. The monoisotopic (exact) mass is 310 g/mol. The van der Waals surface area contributed by atoms with Gasteiger partial charge in [0, 0.05) is 17.9 Å². The van der Waals surface area contributed by atoms with E-state index in [2.05, 4.69) is 36.5 Å². The number of carbonyl (C=O) groups excluding carboxylic acids is 1.